The van der Waals surface area contributed by atoms with Crippen molar-refractivity contribution in [3.63, 3.8) is 0 Å². The molecular weight excluding hydrogens is 372 g/mol. The van der Waals surface area contributed by atoms with Crippen molar-refractivity contribution >= 4 is 17.4 Å². The summed E-state index contributed by atoms with van der Waals surface area (Å²) >= 11 is 0. The number of likely N-dealkylation sites (tertiary alicyclic amines) is 1. The van der Waals surface area contributed by atoms with E-state index in [9.17, 15) is 14.7 Å². The van der Waals surface area contributed by atoms with Crippen molar-refractivity contribution < 1.29 is 24.2 Å². The van der Waals surface area contributed by atoms with Crippen LogP contribution in [0.15, 0.2) is 48.3 Å². The Morgan fingerprint density at radius 3 is 2.52 bits per heavy atom. The predicted molar refractivity (Wildman–Crippen MR) is 107 cm³/mol. The number of pyridine rings is 1. The van der Waals surface area contributed by atoms with Gasteiger partial charge >= 0.3 is 0 Å². The van der Waals surface area contributed by atoms with Crippen molar-refractivity contribution in [2.45, 2.75) is 19.4 Å². The number of aryl methyl sites for hydroxylation is 1. The van der Waals surface area contributed by atoms with Gasteiger partial charge in [-0.1, -0.05) is 0 Å². The zero-order valence-corrected chi connectivity index (χ0v) is 16.7. The zero-order valence-electron chi connectivity index (χ0n) is 16.7. The number of aromatic nitrogens is 1. The molecule has 1 aromatic carbocycles. The third kappa shape index (κ3) is 4.00. The van der Waals surface area contributed by atoms with Crippen LogP contribution in [0.25, 0.3) is 5.76 Å². The SMILES string of the molecule is COCCCN1C(=O)C(=O)/C(=C(/O)c2ccc(OC)c(C)c2)C1c1ccncc1. The molecule has 0 saturated carbocycles. The summed E-state index contributed by atoms with van der Waals surface area (Å²) in [4.78, 5) is 31.1. The lowest BCUT2D eigenvalue weighted by Gasteiger charge is -2.25. The van der Waals surface area contributed by atoms with Gasteiger partial charge in [0.25, 0.3) is 11.7 Å². The topological polar surface area (TPSA) is 89.0 Å². The molecule has 0 aliphatic carbocycles. The standard InChI is InChI=1S/C22H24N2O5/c1-14-13-16(5-6-17(14)29-3)20(25)18-19(15-7-9-23-10-8-15)24(11-4-12-28-2)22(27)21(18)26/h5-10,13,19,25H,4,11-12H2,1-3H3/b20-18+. The molecule has 1 fully saturated rings. The Hall–Kier alpha value is -3.19. The van der Waals surface area contributed by atoms with Gasteiger partial charge < -0.3 is 19.5 Å². The van der Waals surface area contributed by atoms with Gasteiger partial charge in [0.2, 0.25) is 0 Å². The van der Waals surface area contributed by atoms with Crippen LogP contribution in [0.4, 0.5) is 0 Å². The van der Waals surface area contributed by atoms with Gasteiger partial charge in [-0.15, -0.1) is 0 Å². The summed E-state index contributed by atoms with van der Waals surface area (Å²) < 4.78 is 10.3. The van der Waals surface area contributed by atoms with Crippen LogP contribution in [0.2, 0.25) is 0 Å². The monoisotopic (exact) mass is 396 g/mol. The molecule has 1 saturated heterocycles. The van der Waals surface area contributed by atoms with Gasteiger partial charge in [0.05, 0.1) is 18.7 Å². The molecule has 1 amide bonds. The van der Waals surface area contributed by atoms with E-state index < -0.39 is 17.7 Å². The van der Waals surface area contributed by atoms with E-state index in [1.807, 2.05) is 6.92 Å². The highest BCUT2D eigenvalue weighted by atomic mass is 16.5. The lowest BCUT2D eigenvalue weighted by molar-refractivity contribution is -0.140. The van der Waals surface area contributed by atoms with E-state index in [2.05, 4.69) is 4.98 Å². The Balaban J connectivity index is 2.11. The molecule has 1 aromatic heterocycles. The number of ketones is 1. The van der Waals surface area contributed by atoms with Crippen LogP contribution in [0.3, 0.4) is 0 Å². The summed E-state index contributed by atoms with van der Waals surface area (Å²) in [6.45, 7) is 2.65. The van der Waals surface area contributed by atoms with Crippen LogP contribution < -0.4 is 4.74 Å². The Bertz CT molecular complexity index is 939. The first-order chi connectivity index (χ1) is 14.0. The van der Waals surface area contributed by atoms with E-state index in [4.69, 9.17) is 9.47 Å². The molecule has 1 unspecified atom stereocenters. The fraction of sp³-hybridized carbons (Fsp3) is 0.318. The molecule has 0 bridgehead atoms. The second kappa shape index (κ2) is 8.87. The Morgan fingerprint density at radius 2 is 1.90 bits per heavy atom. The average molecular weight is 396 g/mol. The van der Waals surface area contributed by atoms with Crippen LogP contribution in [-0.2, 0) is 14.3 Å². The number of rotatable bonds is 7. The van der Waals surface area contributed by atoms with E-state index in [0.29, 0.717) is 36.4 Å². The number of aliphatic hydroxyl groups excluding tert-OH is 1. The smallest absolute Gasteiger partial charge is 0.295 e. The van der Waals surface area contributed by atoms with Crippen LogP contribution in [0.5, 0.6) is 5.75 Å². The lowest BCUT2D eigenvalue weighted by atomic mass is 9.95. The maximum atomic E-state index is 12.9. The van der Waals surface area contributed by atoms with Gasteiger partial charge in [-0.05, 0) is 54.8 Å². The molecule has 3 rings (SSSR count). The number of aliphatic hydroxyl groups is 1. The molecule has 2 heterocycles. The minimum Gasteiger partial charge on any atom is -0.507 e. The molecule has 1 aliphatic rings. The van der Waals surface area contributed by atoms with E-state index in [-0.39, 0.29) is 11.3 Å². The van der Waals surface area contributed by atoms with Gasteiger partial charge in [0, 0.05) is 38.2 Å². The third-order valence-electron chi connectivity index (χ3n) is 4.98. The summed E-state index contributed by atoms with van der Waals surface area (Å²) in [5.74, 6) is -0.859. The molecule has 7 heteroatoms. The number of amides is 1. The minimum atomic E-state index is -0.699. The number of hydrogen-bond donors (Lipinski definition) is 1. The van der Waals surface area contributed by atoms with Gasteiger partial charge in [-0.2, -0.15) is 0 Å². The van der Waals surface area contributed by atoms with E-state index in [1.54, 1.807) is 56.9 Å². The summed E-state index contributed by atoms with van der Waals surface area (Å²) in [5, 5.41) is 11.0. The highest BCUT2D eigenvalue weighted by molar-refractivity contribution is 6.46. The number of benzene rings is 1. The quantitative estimate of drug-likeness (QED) is 0.335. The molecule has 0 spiro atoms. The molecule has 152 valence electrons. The fourth-order valence-corrected chi connectivity index (χ4v) is 3.56. The summed E-state index contributed by atoms with van der Waals surface area (Å²) in [6, 6.07) is 7.93. The Morgan fingerprint density at radius 1 is 1.17 bits per heavy atom. The van der Waals surface area contributed by atoms with Gasteiger partial charge in [-0.25, -0.2) is 0 Å². The van der Waals surface area contributed by atoms with E-state index in [1.165, 1.54) is 4.90 Å². The molecule has 1 N–H and O–H groups in total. The van der Waals surface area contributed by atoms with Crippen molar-refractivity contribution in [2.24, 2.45) is 0 Å². The summed E-state index contributed by atoms with van der Waals surface area (Å²) in [6.07, 6.45) is 3.77. The first-order valence-electron chi connectivity index (χ1n) is 9.31. The number of ether oxygens (including phenoxy) is 2. The number of Topliss-reactive ketones (excluding diaryl/α,β-unsaturated/α-hetero) is 1. The van der Waals surface area contributed by atoms with Crippen LogP contribution >= 0.6 is 0 Å². The number of hydrogen-bond acceptors (Lipinski definition) is 6. The normalized spacial score (nSPS) is 18.3. The average Bonchev–Trinajstić information content (AvgIpc) is 2.99. The van der Waals surface area contributed by atoms with Crippen LogP contribution in [0.1, 0.15) is 29.2 Å². The summed E-state index contributed by atoms with van der Waals surface area (Å²) in [5.41, 5.74) is 2.05. The minimum absolute atomic E-state index is 0.0724. The first-order valence-corrected chi connectivity index (χ1v) is 9.31. The highest BCUT2D eigenvalue weighted by Crippen LogP contribution is 2.39. The lowest BCUT2D eigenvalue weighted by Crippen LogP contribution is -2.31. The largest absolute Gasteiger partial charge is 0.507 e. The number of methoxy groups -OCH3 is 2. The molecule has 1 aliphatic heterocycles. The third-order valence-corrected chi connectivity index (χ3v) is 4.98. The Kier molecular flexibility index (Phi) is 6.29. The first kappa shape index (κ1) is 20.5. The highest BCUT2D eigenvalue weighted by Gasteiger charge is 2.45. The van der Waals surface area contributed by atoms with Crippen LogP contribution in [0, 0.1) is 6.92 Å². The molecule has 2 aromatic rings. The summed E-state index contributed by atoms with van der Waals surface area (Å²) in [7, 11) is 3.15. The Labute approximate surface area is 169 Å². The molecule has 0 radical (unpaired) electrons. The van der Waals surface area contributed by atoms with E-state index >= 15 is 0 Å². The van der Waals surface area contributed by atoms with Gasteiger partial charge in [-0.3, -0.25) is 14.6 Å². The van der Waals surface area contributed by atoms with Crippen molar-refractivity contribution in [1.29, 1.82) is 0 Å². The van der Waals surface area contributed by atoms with Gasteiger partial charge in [0.15, 0.2) is 0 Å². The number of carbonyl (C=O) groups is 2. The van der Waals surface area contributed by atoms with E-state index in [0.717, 1.165) is 5.56 Å². The molecule has 1 atom stereocenters. The van der Waals surface area contributed by atoms with Crippen molar-refractivity contribution in [3.8, 4) is 5.75 Å². The van der Waals surface area contributed by atoms with Crippen molar-refractivity contribution in [2.75, 3.05) is 27.4 Å². The fourth-order valence-electron chi connectivity index (χ4n) is 3.56. The second-order valence-electron chi connectivity index (χ2n) is 6.80. The predicted octanol–water partition coefficient (Wildman–Crippen LogP) is 2.86. The zero-order chi connectivity index (χ0) is 21.0. The molecular formula is C22H24N2O5. The maximum Gasteiger partial charge on any atom is 0.295 e. The number of nitrogens with zero attached hydrogens (tertiary/aromatic N) is 2. The molecule has 29 heavy (non-hydrogen) atoms. The molecule has 7 nitrogen and oxygen atoms in total. The number of carbonyl (C=O) groups excluding carboxylic acids is 2. The van der Waals surface area contributed by atoms with Crippen molar-refractivity contribution in [3.05, 3.63) is 65.0 Å². The van der Waals surface area contributed by atoms with Crippen molar-refractivity contribution in [1.82, 2.24) is 9.88 Å². The van der Waals surface area contributed by atoms with Gasteiger partial charge in [0.1, 0.15) is 11.5 Å². The second-order valence-corrected chi connectivity index (χ2v) is 6.80. The maximum absolute atomic E-state index is 12.9. The van der Waals surface area contributed by atoms with Crippen LogP contribution in [-0.4, -0.2) is 54.1 Å².